The second kappa shape index (κ2) is 9.02. The van der Waals surface area contributed by atoms with Gasteiger partial charge in [-0.3, -0.25) is 4.79 Å². The molecule has 13 heteroatoms. The van der Waals surface area contributed by atoms with Gasteiger partial charge in [-0.1, -0.05) is 12.8 Å². The number of amides is 1. The third-order valence-electron chi connectivity index (χ3n) is 6.64. The number of nitrogens with zero attached hydrogens (tertiary/aromatic N) is 2. The topological polar surface area (TPSA) is 133 Å². The van der Waals surface area contributed by atoms with Crippen molar-refractivity contribution in [2.45, 2.75) is 49.6 Å². The molecule has 9 nitrogen and oxygen atoms in total. The molecule has 0 bridgehead atoms. The monoisotopic (exact) mass is 555 g/mol. The molecule has 1 amide bonds. The van der Waals surface area contributed by atoms with E-state index in [2.05, 4.69) is 9.71 Å². The van der Waals surface area contributed by atoms with E-state index in [1.54, 1.807) is 10.3 Å². The average molecular weight is 556 g/mol. The molecule has 35 heavy (non-hydrogen) atoms. The van der Waals surface area contributed by atoms with Gasteiger partial charge in [0.1, 0.15) is 31.1 Å². The Morgan fingerprint density at radius 3 is 2.74 bits per heavy atom. The number of thiophene rings is 2. The van der Waals surface area contributed by atoms with Crippen LogP contribution in [0, 0.1) is 5.92 Å². The first kappa shape index (κ1) is 24.5. The molecular weight excluding hydrogens is 531 g/mol. The molecule has 1 aliphatic carbocycles. The van der Waals surface area contributed by atoms with Crippen LogP contribution in [0.5, 0.6) is 0 Å². The second-order valence-electron chi connectivity index (χ2n) is 9.12. The largest absolute Gasteiger partial charge is 0.511 e. The predicted molar refractivity (Wildman–Crippen MR) is 136 cm³/mol. The zero-order chi connectivity index (χ0) is 25.0. The Bertz CT molecular complexity index is 1440. The van der Waals surface area contributed by atoms with E-state index >= 15 is 0 Å². The van der Waals surface area contributed by atoms with E-state index in [1.807, 2.05) is 16.8 Å². The van der Waals surface area contributed by atoms with Crippen LogP contribution in [0.2, 0.25) is 0 Å². The number of sulfonamides is 1. The number of hydrogen-bond acceptors (Lipinski definition) is 9. The Balaban J connectivity index is 1.53. The first-order chi connectivity index (χ1) is 16.5. The molecule has 1 fully saturated rings. The van der Waals surface area contributed by atoms with Crippen LogP contribution < -0.4 is 5.32 Å². The van der Waals surface area contributed by atoms with Crippen molar-refractivity contribution in [1.29, 1.82) is 0 Å². The van der Waals surface area contributed by atoms with Crippen molar-refractivity contribution < 1.29 is 26.7 Å². The molecule has 2 aromatic rings. The van der Waals surface area contributed by atoms with Gasteiger partial charge in [-0.2, -0.15) is 19.8 Å². The van der Waals surface area contributed by atoms with Crippen LogP contribution in [0.1, 0.15) is 36.8 Å². The van der Waals surface area contributed by atoms with Gasteiger partial charge in [0.05, 0.1) is 5.75 Å². The molecule has 1 saturated carbocycles. The van der Waals surface area contributed by atoms with Crippen LogP contribution in [0.25, 0.3) is 0 Å². The van der Waals surface area contributed by atoms with Gasteiger partial charge < -0.3 is 15.3 Å². The van der Waals surface area contributed by atoms with Crippen LogP contribution in [0.15, 0.2) is 42.8 Å². The first-order valence-corrected chi connectivity index (χ1v) is 16.5. The van der Waals surface area contributed by atoms with Gasteiger partial charge in [-0.05, 0) is 52.6 Å². The molecule has 2 aliphatic heterocycles. The maximum absolute atomic E-state index is 13.7. The molecule has 2 aromatic heterocycles. The molecule has 2 atom stereocenters. The Kier molecular flexibility index (Phi) is 6.31. The van der Waals surface area contributed by atoms with Gasteiger partial charge in [0.2, 0.25) is 0 Å². The third kappa shape index (κ3) is 4.66. The Labute approximate surface area is 212 Å². The van der Waals surface area contributed by atoms with E-state index in [4.69, 9.17) is 0 Å². The molecule has 0 spiro atoms. The molecule has 3 aliphatic rings. The number of amidine groups is 1. The minimum atomic E-state index is -4.21. The van der Waals surface area contributed by atoms with Gasteiger partial charge in [-0.25, -0.2) is 8.42 Å². The molecule has 0 aromatic carbocycles. The summed E-state index contributed by atoms with van der Waals surface area (Å²) >= 11 is 2.65. The van der Waals surface area contributed by atoms with E-state index in [0.717, 1.165) is 42.4 Å². The average Bonchev–Trinajstić information content (AvgIpc) is 3.45. The number of anilines is 1. The number of carbonyl (C=O) groups is 1. The van der Waals surface area contributed by atoms with Crippen LogP contribution >= 0.6 is 22.7 Å². The number of fused-ring (bicyclic) bond motifs is 2. The number of aliphatic hydroxyl groups is 1. The second-order valence-corrected chi connectivity index (χ2v) is 14.6. The van der Waals surface area contributed by atoms with Crippen molar-refractivity contribution >= 4 is 59.3 Å². The summed E-state index contributed by atoms with van der Waals surface area (Å²) in [5.41, 5.74) is 1.24. The fourth-order valence-electron chi connectivity index (χ4n) is 5.01. The normalized spacial score (nSPS) is 24.0. The Hall–Kier alpha value is -2.22. The quantitative estimate of drug-likeness (QED) is 0.559. The summed E-state index contributed by atoms with van der Waals surface area (Å²) in [6.07, 6.45) is 4.48. The Morgan fingerprint density at radius 1 is 1.26 bits per heavy atom. The summed E-state index contributed by atoms with van der Waals surface area (Å²) in [7, 11) is -7.49. The van der Waals surface area contributed by atoms with Crippen LogP contribution in [0.3, 0.4) is 0 Å². The maximum atomic E-state index is 13.7. The van der Waals surface area contributed by atoms with Crippen LogP contribution in [-0.2, 0) is 37.6 Å². The zero-order valence-corrected chi connectivity index (χ0v) is 22.2. The SMILES string of the molecule is CS(=O)(=O)CCc1csc2c1S(=O)(=O)N=C(C1=C(O)C3CCCCC3N(Cc3ccsc3)C1=O)N2. The van der Waals surface area contributed by atoms with Gasteiger partial charge in [0, 0.05) is 24.8 Å². The van der Waals surface area contributed by atoms with E-state index in [9.17, 15) is 26.7 Å². The van der Waals surface area contributed by atoms with Crippen molar-refractivity contribution in [3.63, 3.8) is 0 Å². The molecule has 5 rings (SSSR count). The van der Waals surface area contributed by atoms with Crippen molar-refractivity contribution in [2.75, 3.05) is 17.3 Å². The molecule has 0 radical (unpaired) electrons. The highest BCUT2D eigenvalue weighted by atomic mass is 32.2. The zero-order valence-electron chi connectivity index (χ0n) is 18.9. The predicted octanol–water partition coefficient (Wildman–Crippen LogP) is 3.32. The van der Waals surface area contributed by atoms with Crippen molar-refractivity contribution in [1.82, 2.24) is 4.90 Å². The summed E-state index contributed by atoms with van der Waals surface area (Å²) in [5, 5.41) is 19.9. The lowest BCUT2D eigenvalue weighted by Gasteiger charge is -2.44. The molecule has 4 heterocycles. The summed E-state index contributed by atoms with van der Waals surface area (Å²) in [5.74, 6) is -1.21. The smallest absolute Gasteiger partial charge is 0.287 e. The summed E-state index contributed by atoms with van der Waals surface area (Å²) in [6.45, 7) is 0.375. The van der Waals surface area contributed by atoms with Crippen LogP contribution in [0.4, 0.5) is 5.00 Å². The van der Waals surface area contributed by atoms with Crippen LogP contribution in [-0.4, -0.2) is 56.6 Å². The summed E-state index contributed by atoms with van der Waals surface area (Å²) < 4.78 is 53.4. The summed E-state index contributed by atoms with van der Waals surface area (Å²) in [6, 6.07) is 1.80. The molecule has 0 saturated heterocycles. The molecular formula is C22H25N3O6S4. The van der Waals surface area contributed by atoms with E-state index in [0.29, 0.717) is 18.5 Å². The van der Waals surface area contributed by atoms with Crippen molar-refractivity contribution in [3.8, 4) is 0 Å². The van der Waals surface area contributed by atoms with Gasteiger partial charge in [-0.15, -0.1) is 15.7 Å². The van der Waals surface area contributed by atoms with Gasteiger partial charge in [0.25, 0.3) is 15.9 Å². The maximum Gasteiger partial charge on any atom is 0.287 e. The number of nitrogens with one attached hydrogen (secondary N) is 1. The molecule has 2 unspecified atom stereocenters. The van der Waals surface area contributed by atoms with E-state index < -0.39 is 25.8 Å². The number of aryl methyl sites for hydroxylation is 1. The first-order valence-electron chi connectivity index (χ1n) is 11.2. The Morgan fingerprint density at radius 2 is 2.03 bits per heavy atom. The number of carbonyl (C=O) groups excluding carboxylic acids is 1. The lowest BCUT2D eigenvalue weighted by Crippen LogP contribution is -2.52. The van der Waals surface area contributed by atoms with E-state index in [-0.39, 0.29) is 51.2 Å². The third-order valence-corrected chi connectivity index (χ3v) is 10.8. The number of rotatable bonds is 6. The fraction of sp³-hybridized carbons (Fsp3) is 0.455. The minimum absolute atomic E-state index is 0.0431. The van der Waals surface area contributed by atoms with Gasteiger partial charge in [0.15, 0.2) is 5.84 Å². The van der Waals surface area contributed by atoms with Gasteiger partial charge >= 0.3 is 0 Å². The number of hydrogen-bond donors (Lipinski definition) is 2. The fourth-order valence-corrected chi connectivity index (χ4v) is 8.93. The lowest BCUT2D eigenvalue weighted by atomic mass is 9.78. The molecule has 188 valence electrons. The molecule has 2 N–H and O–H groups in total. The highest BCUT2D eigenvalue weighted by Crippen LogP contribution is 2.42. The standard InChI is InChI=1S/C22H25N3O6S4/c1-34(28,29)9-7-14-12-33-21-19(14)35(30,31)24-20(23-21)17-18(26)15-4-2-3-5-16(15)25(22(17)27)10-13-6-8-32-11-13/h6,8,11-12,15-16,26H,2-5,7,9-10H2,1H3,(H,23,24). The highest BCUT2D eigenvalue weighted by molar-refractivity contribution is 7.91. The van der Waals surface area contributed by atoms with Crippen molar-refractivity contribution in [3.05, 3.63) is 44.7 Å². The minimum Gasteiger partial charge on any atom is -0.511 e. The highest BCUT2D eigenvalue weighted by Gasteiger charge is 2.46. The number of aliphatic hydroxyl groups excluding tert-OH is 1. The number of sulfone groups is 1. The van der Waals surface area contributed by atoms with Crippen molar-refractivity contribution in [2.24, 2.45) is 10.3 Å². The van der Waals surface area contributed by atoms with E-state index in [1.165, 1.54) is 11.3 Å². The lowest BCUT2D eigenvalue weighted by molar-refractivity contribution is -0.133. The summed E-state index contributed by atoms with van der Waals surface area (Å²) in [4.78, 5) is 15.4.